The second-order valence-corrected chi connectivity index (χ2v) is 6.87. The van der Waals surface area contributed by atoms with E-state index in [0.29, 0.717) is 18.0 Å². The Hall–Kier alpha value is -3.23. The van der Waals surface area contributed by atoms with E-state index in [1.165, 1.54) is 12.1 Å². The number of para-hydroxylation sites is 2. The number of hydrogen-bond donors (Lipinski definition) is 2. The predicted octanol–water partition coefficient (Wildman–Crippen LogP) is 3.44. The molecule has 0 unspecified atom stereocenters. The lowest BCUT2D eigenvalue weighted by atomic mass is 10.1. The maximum atomic E-state index is 12.7. The van der Waals surface area contributed by atoms with Crippen LogP contribution in [0.25, 0.3) is 0 Å². The lowest BCUT2D eigenvalue weighted by Crippen LogP contribution is -2.50. The number of halogens is 3. The summed E-state index contributed by atoms with van der Waals surface area (Å²) in [5.74, 6) is -0.193. The zero-order valence-corrected chi connectivity index (χ0v) is 16.3. The molecule has 2 aromatic rings. The third-order valence-electron chi connectivity index (χ3n) is 4.53. The van der Waals surface area contributed by atoms with Gasteiger partial charge in [-0.2, -0.15) is 13.2 Å². The monoisotopic (exact) mass is 421 g/mol. The third kappa shape index (κ3) is 5.22. The van der Waals surface area contributed by atoms with E-state index < -0.39 is 23.8 Å². The first-order chi connectivity index (χ1) is 14.3. The smallest absolute Gasteiger partial charge is 0.416 e. The van der Waals surface area contributed by atoms with Crippen LogP contribution >= 0.6 is 0 Å². The fraction of sp³-hybridized carbons (Fsp3) is 0.333. The van der Waals surface area contributed by atoms with Gasteiger partial charge in [-0.25, -0.2) is 0 Å². The van der Waals surface area contributed by atoms with Crippen molar-refractivity contribution in [3.63, 3.8) is 0 Å². The van der Waals surface area contributed by atoms with E-state index in [4.69, 9.17) is 4.74 Å². The summed E-state index contributed by atoms with van der Waals surface area (Å²) in [4.78, 5) is 26.6. The molecule has 1 aliphatic rings. The van der Waals surface area contributed by atoms with Crippen LogP contribution in [-0.2, 0) is 15.8 Å². The van der Waals surface area contributed by atoms with Crippen LogP contribution in [0.15, 0.2) is 48.5 Å². The Morgan fingerprint density at radius 3 is 2.50 bits per heavy atom. The van der Waals surface area contributed by atoms with E-state index in [1.807, 2.05) is 6.92 Å². The van der Waals surface area contributed by atoms with Gasteiger partial charge in [0.2, 0.25) is 5.91 Å². The lowest BCUT2D eigenvalue weighted by molar-refractivity contribution is -0.137. The standard InChI is InChI=1S/C21H22F3N3O3/c1-2-11-25-20(29)18-12-27(16-5-3-4-6-17(16)30-18)13-19(28)26-15-9-7-14(8-10-15)21(22,23)24/h3-10,18H,2,11-13H2,1H3,(H,25,29)(H,26,28)/t18-/m0/s1. The number of anilines is 2. The van der Waals surface area contributed by atoms with E-state index >= 15 is 0 Å². The summed E-state index contributed by atoms with van der Waals surface area (Å²) in [6, 6.07) is 11.3. The van der Waals surface area contributed by atoms with E-state index in [0.717, 1.165) is 18.6 Å². The Balaban J connectivity index is 1.69. The molecule has 0 fully saturated rings. The molecule has 1 atom stereocenters. The highest BCUT2D eigenvalue weighted by atomic mass is 19.4. The number of rotatable bonds is 6. The van der Waals surface area contributed by atoms with E-state index in [2.05, 4.69) is 10.6 Å². The fourth-order valence-electron chi connectivity index (χ4n) is 3.07. The van der Waals surface area contributed by atoms with Gasteiger partial charge in [-0.1, -0.05) is 19.1 Å². The van der Waals surface area contributed by atoms with Gasteiger partial charge in [-0.3, -0.25) is 9.59 Å². The summed E-state index contributed by atoms with van der Waals surface area (Å²) in [5.41, 5.74) is 0.134. The van der Waals surface area contributed by atoms with Gasteiger partial charge in [-0.15, -0.1) is 0 Å². The van der Waals surface area contributed by atoms with E-state index in [1.54, 1.807) is 29.2 Å². The summed E-state index contributed by atoms with van der Waals surface area (Å²) in [6.07, 6.45) is -4.42. The Kier molecular flexibility index (Phi) is 6.49. The minimum atomic E-state index is -4.44. The van der Waals surface area contributed by atoms with Crippen LogP contribution in [0.4, 0.5) is 24.5 Å². The number of alkyl halides is 3. The molecule has 1 heterocycles. The molecule has 6 nitrogen and oxygen atoms in total. The molecule has 9 heteroatoms. The van der Waals surface area contributed by atoms with Gasteiger partial charge in [0, 0.05) is 12.2 Å². The third-order valence-corrected chi connectivity index (χ3v) is 4.53. The van der Waals surface area contributed by atoms with Crippen LogP contribution in [0.2, 0.25) is 0 Å². The zero-order valence-electron chi connectivity index (χ0n) is 16.3. The number of amides is 2. The second kappa shape index (κ2) is 9.06. The van der Waals surface area contributed by atoms with Crippen LogP contribution in [0.5, 0.6) is 5.75 Å². The summed E-state index contributed by atoms with van der Waals surface area (Å²) >= 11 is 0. The first-order valence-electron chi connectivity index (χ1n) is 9.53. The van der Waals surface area contributed by atoms with Gasteiger partial charge in [-0.05, 0) is 42.8 Å². The molecule has 0 aromatic heterocycles. The van der Waals surface area contributed by atoms with Crippen molar-refractivity contribution in [1.29, 1.82) is 0 Å². The van der Waals surface area contributed by atoms with Crippen LogP contribution in [0.1, 0.15) is 18.9 Å². The average Bonchev–Trinajstić information content (AvgIpc) is 2.71. The number of ether oxygens (including phenoxy) is 1. The molecule has 1 aliphatic heterocycles. The van der Waals surface area contributed by atoms with Crippen molar-refractivity contribution >= 4 is 23.2 Å². The van der Waals surface area contributed by atoms with Crippen molar-refractivity contribution in [2.24, 2.45) is 0 Å². The molecule has 2 amide bonds. The first kappa shape index (κ1) is 21.5. The van der Waals surface area contributed by atoms with Gasteiger partial charge < -0.3 is 20.3 Å². The quantitative estimate of drug-likeness (QED) is 0.750. The zero-order chi connectivity index (χ0) is 21.7. The van der Waals surface area contributed by atoms with Gasteiger partial charge >= 0.3 is 6.18 Å². The maximum absolute atomic E-state index is 12.7. The minimum Gasteiger partial charge on any atom is -0.477 e. The molecule has 30 heavy (non-hydrogen) atoms. The van der Waals surface area contributed by atoms with Gasteiger partial charge in [0.05, 0.1) is 24.3 Å². The van der Waals surface area contributed by atoms with E-state index in [9.17, 15) is 22.8 Å². The highest BCUT2D eigenvalue weighted by Crippen LogP contribution is 2.33. The number of hydrogen-bond acceptors (Lipinski definition) is 4. The Morgan fingerprint density at radius 2 is 1.83 bits per heavy atom. The average molecular weight is 421 g/mol. The normalized spacial score (nSPS) is 15.7. The molecule has 0 saturated heterocycles. The summed E-state index contributed by atoms with van der Waals surface area (Å²) in [7, 11) is 0. The fourth-order valence-corrected chi connectivity index (χ4v) is 3.07. The highest BCUT2D eigenvalue weighted by Gasteiger charge is 2.32. The van der Waals surface area contributed by atoms with Crippen LogP contribution in [0, 0.1) is 0 Å². The maximum Gasteiger partial charge on any atom is 0.416 e. The molecule has 2 N–H and O–H groups in total. The molecule has 0 bridgehead atoms. The largest absolute Gasteiger partial charge is 0.477 e. The number of carbonyl (C=O) groups is 2. The van der Waals surface area contributed by atoms with Crippen molar-refractivity contribution in [2.45, 2.75) is 25.6 Å². The van der Waals surface area contributed by atoms with Crippen molar-refractivity contribution in [1.82, 2.24) is 5.32 Å². The Morgan fingerprint density at radius 1 is 1.13 bits per heavy atom. The Bertz CT molecular complexity index is 900. The van der Waals surface area contributed by atoms with Crippen molar-refractivity contribution < 1.29 is 27.5 Å². The van der Waals surface area contributed by atoms with Crippen molar-refractivity contribution in [3.05, 3.63) is 54.1 Å². The molecule has 3 rings (SSSR count). The van der Waals surface area contributed by atoms with Gasteiger partial charge in [0.15, 0.2) is 6.10 Å². The SMILES string of the molecule is CCCNC(=O)[C@@H]1CN(CC(=O)Nc2ccc(C(F)(F)F)cc2)c2ccccc2O1. The molecule has 0 radical (unpaired) electrons. The number of nitrogens with zero attached hydrogens (tertiary/aromatic N) is 1. The van der Waals surface area contributed by atoms with Gasteiger partial charge in [0.25, 0.3) is 5.91 Å². The first-order valence-corrected chi connectivity index (χ1v) is 9.53. The minimum absolute atomic E-state index is 0.0844. The number of nitrogens with one attached hydrogen (secondary N) is 2. The molecule has 0 spiro atoms. The number of benzene rings is 2. The van der Waals surface area contributed by atoms with Gasteiger partial charge in [0.1, 0.15) is 5.75 Å². The Labute approximate surface area is 172 Å². The van der Waals surface area contributed by atoms with Crippen molar-refractivity contribution in [3.8, 4) is 5.75 Å². The summed E-state index contributed by atoms with van der Waals surface area (Å²) in [5, 5.41) is 5.37. The molecule has 2 aromatic carbocycles. The van der Waals surface area contributed by atoms with Crippen molar-refractivity contribution in [2.75, 3.05) is 29.9 Å². The van der Waals surface area contributed by atoms with Crippen LogP contribution < -0.4 is 20.3 Å². The van der Waals surface area contributed by atoms with Crippen LogP contribution in [0.3, 0.4) is 0 Å². The molecular weight excluding hydrogens is 399 g/mol. The van der Waals surface area contributed by atoms with E-state index in [-0.39, 0.29) is 24.7 Å². The highest BCUT2D eigenvalue weighted by molar-refractivity contribution is 5.95. The second-order valence-electron chi connectivity index (χ2n) is 6.87. The number of carbonyl (C=O) groups excluding carboxylic acids is 2. The summed E-state index contributed by atoms with van der Waals surface area (Å²) < 4.78 is 43.8. The topological polar surface area (TPSA) is 70.7 Å². The molecule has 0 aliphatic carbocycles. The lowest BCUT2D eigenvalue weighted by Gasteiger charge is -2.35. The predicted molar refractivity (Wildman–Crippen MR) is 106 cm³/mol. The van der Waals surface area contributed by atoms with Crippen LogP contribution in [-0.4, -0.2) is 37.6 Å². The summed E-state index contributed by atoms with van der Waals surface area (Å²) in [6.45, 7) is 2.55. The molecule has 0 saturated carbocycles. The molecular formula is C21H22F3N3O3. The molecule has 160 valence electrons. The number of fused-ring (bicyclic) bond motifs is 1.